The Hall–Kier alpha value is -5.38. The number of nitrogens with one attached hydrogen (secondary N) is 1. The Labute approximate surface area is 304 Å². The summed E-state index contributed by atoms with van der Waals surface area (Å²) in [5, 5.41) is 6.50. The van der Waals surface area contributed by atoms with E-state index in [1.165, 1.54) is 60.8 Å². The first-order valence-electron chi connectivity index (χ1n) is 18.3. The summed E-state index contributed by atoms with van der Waals surface area (Å²) in [5.74, 6) is 0.775. The van der Waals surface area contributed by atoms with Crippen molar-refractivity contribution in [2.75, 3.05) is 0 Å². The van der Waals surface area contributed by atoms with Crippen LogP contribution >= 0.6 is 0 Å². The first-order chi connectivity index (χ1) is 24.8. The van der Waals surface area contributed by atoms with Gasteiger partial charge in [0.2, 0.25) is 0 Å². The van der Waals surface area contributed by atoms with E-state index in [0.29, 0.717) is 0 Å². The molecule has 7 rings (SSSR count). The second-order valence-electron chi connectivity index (χ2n) is 13.6. The predicted octanol–water partition coefficient (Wildman–Crippen LogP) is 12.3. The first kappa shape index (κ1) is 35.4. The van der Waals surface area contributed by atoms with Crippen LogP contribution in [0, 0.1) is 20.8 Å². The van der Waals surface area contributed by atoms with Gasteiger partial charge >= 0.3 is 0 Å². The molecule has 6 aromatic carbocycles. The lowest BCUT2D eigenvalue weighted by atomic mass is 9.92. The van der Waals surface area contributed by atoms with Gasteiger partial charge in [-0.1, -0.05) is 159 Å². The Morgan fingerprint density at radius 1 is 0.627 bits per heavy atom. The summed E-state index contributed by atoms with van der Waals surface area (Å²) in [6.45, 7) is 13.2. The van der Waals surface area contributed by atoms with Crippen molar-refractivity contribution in [3.63, 3.8) is 0 Å². The molecule has 0 saturated carbocycles. The highest BCUT2D eigenvalue weighted by molar-refractivity contribution is 6.12. The minimum atomic E-state index is -0.0674. The van der Waals surface area contributed by atoms with Crippen LogP contribution in [0.3, 0.4) is 0 Å². The highest BCUT2D eigenvalue weighted by atomic mass is 15.1. The average Bonchev–Trinajstić information content (AvgIpc) is 3.50. The number of nitrogens with two attached hydrogens (primary N) is 1. The van der Waals surface area contributed by atoms with Crippen molar-refractivity contribution in [3.8, 4) is 11.1 Å². The van der Waals surface area contributed by atoms with Crippen LogP contribution < -0.4 is 11.1 Å². The molecule has 0 bridgehead atoms. The van der Waals surface area contributed by atoms with E-state index in [-0.39, 0.29) is 12.1 Å². The largest absolute Gasteiger partial charge is 0.385 e. The van der Waals surface area contributed by atoms with Crippen molar-refractivity contribution in [2.24, 2.45) is 5.73 Å². The second-order valence-corrected chi connectivity index (χ2v) is 13.6. The number of fused-ring (bicyclic) bond motifs is 3. The number of rotatable bonds is 9. The maximum absolute atomic E-state index is 7.40. The van der Waals surface area contributed by atoms with E-state index in [1.54, 1.807) is 0 Å². The van der Waals surface area contributed by atoms with Gasteiger partial charge in [0.15, 0.2) is 0 Å². The van der Waals surface area contributed by atoms with Gasteiger partial charge in [-0.15, -0.1) is 0 Å². The van der Waals surface area contributed by atoms with Crippen LogP contribution in [0.15, 0.2) is 151 Å². The zero-order chi connectivity index (χ0) is 35.9. The van der Waals surface area contributed by atoms with E-state index in [1.807, 2.05) is 18.2 Å². The molecule has 3 heteroatoms. The molecular weight excluding hydrogens is 619 g/mol. The van der Waals surface area contributed by atoms with Crippen LogP contribution in [0.5, 0.6) is 0 Å². The smallest absolute Gasteiger partial charge is 0.109 e. The van der Waals surface area contributed by atoms with Crippen molar-refractivity contribution in [2.45, 2.75) is 66.5 Å². The topological polar surface area (TPSA) is 43.0 Å². The molecule has 258 valence electrons. The van der Waals surface area contributed by atoms with E-state index in [9.17, 15) is 0 Å². The van der Waals surface area contributed by atoms with E-state index in [4.69, 9.17) is 5.73 Å². The Balaban J connectivity index is 0.000000573. The lowest BCUT2D eigenvalue weighted by molar-refractivity contribution is 0.468. The zero-order valence-electron chi connectivity index (χ0n) is 30.9. The molecular formula is C48H51N3. The molecule has 0 amide bonds. The minimum Gasteiger partial charge on any atom is -0.385 e. The zero-order valence-corrected chi connectivity index (χ0v) is 30.9. The van der Waals surface area contributed by atoms with Crippen LogP contribution in [-0.4, -0.2) is 4.57 Å². The van der Waals surface area contributed by atoms with Crippen molar-refractivity contribution in [1.82, 2.24) is 9.88 Å². The summed E-state index contributed by atoms with van der Waals surface area (Å²) in [7, 11) is 0. The minimum absolute atomic E-state index is 0.0674. The number of hydrogen-bond acceptors (Lipinski definition) is 2. The van der Waals surface area contributed by atoms with Gasteiger partial charge in [-0.2, -0.15) is 0 Å². The third kappa shape index (κ3) is 7.41. The first-order valence-corrected chi connectivity index (χ1v) is 18.3. The third-order valence-corrected chi connectivity index (χ3v) is 10.2. The number of aryl methyl sites for hydroxylation is 4. The van der Waals surface area contributed by atoms with E-state index in [2.05, 4.69) is 179 Å². The Bertz CT molecular complexity index is 2260. The van der Waals surface area contributed by atoms with Crippen LogP contribution in [0.25, 0.3) is 38.8 Å². The van der Waals surface area contributed by atoms with Crippen molar-refractivity contribution >= 4 is 27.6 Å². The van der Waals surface area contributed by atoms with E-state index < -0.39 is 0 Å². The molecule has 2 atom stereocenters. The molecule has 7 aromatic rings. The summed E-state index contributed by atoms with van der Waals surface area (Å²) >= 11 is 0. The van der Waals surface area contributed by atoms with Crippen LogP contribution in [0.2, 0.25) is 0 Å². The van der Waals surface area contributed by atoms with Gasteiger partial charge < -0.3 is 5.73 Å². The molecule has 0 spiro atoms. The molecule has 0 aliphatic carbocycles. The van der Waals surface area contributed by atoms with Crippen LogP contribution in [-0.2, 0) is 6.42 Å². The molecule has 0 saturated heterocycles. The molecule has 3 nitrogen and oxygen atoms in total. The van der Waals surface area contributed by atoms with Gasteiger partial charge in [0.05, 0.1) is 17.1 Å². The fraction of sp³-hybridized carbons (Fsp3) is 0.208. The Kier molecular flexibility index (Phi) is 11.2. The number of para-hydroxylation sites is 1. The van der Waals surface area contributed by atoms with Gasteiger partial charge in [0.1, 0.15) is 5.82 Å². The standard InChI is InChI=1S/C41H43N3.C7H8/c1-6-31-34(32-21-13-11-17-27(32)3)25-26-36-35-23-15-16-24-38(35)44(40(31)36)41(42)29(5)39(33-22-14-12-18-28(33)4)43-37(7-2)30-19-9-8-10-20-30;1-7-5-3-2-4-6-7/h8-26,37,39,43H,6-7,42H2,1-5H3;2-6H,1H3/b41-29+;. The van der Waals surface area contributed by atoms with Crippen LogP contribution in [0.4, 0.5) is 0 Å². The van der Waals surface area contributed by atoms with Gasteiger partial charge in [-0.05, 0) is 91.1 Å². The number of aromatic nitrogens is 1. The number of hydrogen-bond donors (Lipinski definition) is 2. The summed E-state index contributed by atoms with van der Waals surface area (Å²) < 4.78 is 2.33. The number of nitrogens with zero attached hydrogens (tertiary/aromatic N) is 1. The average molecular weight is 670 g/mol. The number of benzene rings is 6. The quantitative estimate of drug-likeness (QED) is 0.161. The van der Waals surface area contributed by atoms with Crippen molar-refractivity contribution < 1.29 is 0 Å². The molecule has 1 heterocycles. The fourth-order valence-corrected chi connectivity index (χ4v) is 7.42. The summed E-state index contributed by atoms with van der Waals surface area (Å²) in [4.78, 5) is 0. The van der Waals surface area contributed by atoms with Gasteiger partial charge in [-0.25, -0.2) is 0 Å². The molecule has 0 aliphatic heterocycles. The molecule has 0 radical (unpaired) electrons. The molecule has 1 aromatic heterocycles. The molecule has 3 N–H and O–H groups in total. The third-order valence-electron chi connectivity index (χ3n) is 10.2. The van der Waals surface area contributed by atoms with E-state index >= 15 is 0 Å². The molecule has 2 unspecified atom stereocenters. The van der Waals surface area contributed by atoms with Crippen molar-refractivity contribution in [3.05, 3.63) is 185 Å². The van der Waals surface area contributed by atoms with Crippen molar-refractivity contribution in [1.29, 1.82) is 0 Å². The molecule has 0 aliphatic rings. The predicted molar refractivity (Wildman–Crippen MR) is 220 cm³/mol. The Morgan fingerprint density at radius 2 is 1.24 bits per heavy atom. The van der Waals surface area contributed by atoms with E-state index in [0.717, 1.165) is 29.8 Å². The van der Waals surface area contributed by atoms with Crippen LogP contribution in [0.1, 0.15) is 72.7 Å². The molecule has 51 heavy (non-hydrogen) atoms. The Morgan fingerprint density at radius 3 is 1.86 bits per heavy atom. The lowest BCUT2D eigenvalue weighted by Gasteiger charge is -2.29. The van der Waals surface area contributed by atoms with Gasteiger partial charge in [-0.3, -0.25) is 9.88 Å². The summed E-state index contributed by atoms with van der Waals surface area (Å²) in [5.41, 5.74) is 21.1. The van der Waals surface area contributed by atoms with Gasteiger partial charge in [0.25, 0.3) is 0 Å². The summed E-state index contributed by atoms with van der Waals surface area (Å²) in [6.07, 6.45) is 1.86. The highest BCUT2D eigenvalue weighted by Crippen LogP contribution is 2.40. The highest BCUT2D eigenvalue weighted by Gasteiger charge is 2.25. The normalized spacial score (nSPS) is 13.0. The maximum atomic E-state index is 7.40. The monoisotopic (exact) mass is 669 g/mol. The summed E-state index contributed by atoms with van der Waals surface area (Å²) in [6, 6.07) is 51.8. The maximum Gasteiger partial charge on any atom is 0.109 e. The van der Waals surface area contributed by atoms with Gasteiger partial charge in [0, 0.05) is 16.8 Å². The second kappa shape index (κ2) is 16.1. The fourth-order valence-electron chi connectivity index (χ4n) is 7.42. The lowest BCUT2D eigenvalue weighted by Crippen LogP contribution is -2.29. The molecule has 0 fully saturated rings. The SMILES string of the molecule is CCc1c(-c2ccccc2C)ccc2c3ccccc3n(/C(N)=C(\C)C(NC(CC)c3ccccc3)c3ccccc3C)c12.Cc1ccccc1.